The van der Waals surface area contributed by atoms with Gasteiger partial charge in [-0.15, -0.1) is 11.3 Å². The lowest BCUT2D eigenvalue weighted by atomic mass is 10.1. The normalized spacial score (nSPS) is 12.9. The second-order valence-electron chi connectivity index (χ2n) is 4.35. The summed E-state index contributed by atoms with van der Waals surface area (Å²) in [6, 6.07) is 3.25. The summed E-state index contributed by atoms with van der Waals surface area (Å²) in [5, 5.41) is 1.94. The van der Waals surface area contributed by atoms with Crippen LogP contribution in [-0.2, 0) is 6.54 Å². The third-order valence-electron chi connectivity index (χ3n) is 2.92. The van der Waals surface area contributed by atoms with Crippen molar-refractivity contribution in [2.45, 2.75) is 12.6 Å². The molecule has 0 fully saturated rings. The van der Waals surface area contributed by atoms with Gasteiger partial charge in [-0.1, -0.05) is 0 Å². The van der Waals surface area contributed by atoms with Gasteiger partial charge in [0.2, 0.25) is 0 Å². The van der Waals surface area contributed by atoms with E-state index in [0.717, 1.165) is 11.8 Å². The van der Waals surface area contributed by atoms with Crippen molar-refractivity contribution in [2.75, 3.05) is 13.6 Å². The Morgan fingerprint density at radius 3 is 2.53 bits per heavy atom. The minimum absolute atomic E-state index is 0.244. The van der Waals surface area contributed by atoms with E-state index >= 15 is 0 Å². The Balaban J connectivity index is 2.18. The number of thiazole rings is 1. The van der Waals surface area contributed by atoms with Gasteiger partial charge in [0, 0.05) is 30.6 Å². The van der Waals surface area contributed by atoms with E-state index in [-0.39, 0.29) is 12.6 Å². The number of benzene rings is 1. The molecule has 0 saturated carbocycles. The first-order valence-electron chi connectivity index (χ1n) is 5.83. The fraction of sp³-hybridized carbons (Fsp3) is 0.308. The molecule has 1 aromatic carbocycles. The monoisotopic (exact) mass is 283 g/mol. The average molecular weight is 283 g/mol. The SMILES string of the molecule is CN(Cc1cscn1)C(CN)c1cc(F)cc(F)c1. The van der Waals surface area contributed by atoms with Gasteiger partial charge in [0.05, 0.1) is 11.2 Å². The summed E-state index contributed by atoms with van der Waals surface area (Å²) < 4.78 is 26.5. The molecule has 2 aromatic rings. The molecule has 0 aliphatic rings. The summed E-state index contributed by atoms with van der Waals surface area (Å²) in [5.41, 5.74) is 8.94. The van der Waals surface area contributed by atoms with Crippen molar-refractivity contribution >= 4 is 11.3 Å². The molecule has 1 unspecified atom stereocenters. The van der Waals surface area contributed by atoms with Gasteiger partial charge >= 0.3 is 0 Å². The molecule has 2 N–H and O–H groups in total. The van der Waals surface area contributed by atoms with Gasteiger partial charge < -0.3 is 5.73 Å². The first kappa shape index (κ1) is 14.0. The maximum atomic E-state index is 13.3. The third-order valence-corrected chi connectivity index (χ3v) is 3.56. The molecule has 1 atom stereocenters. The highest BCUT2D eigenvalue weighted by molar-refractivity contribution is 7.07. The highest BCUT2D eigenvalue weighted by Crippen LogP contribution is 2.22. The van der Waals surface area contributed by atoms with E-state index in [1.54, 1.807) is 5.51 Å². The molecular weight excluding hydrogens is 268 g/mol. The van der Waals surface area contributed by atoms with Crippen LogP contribution in [0.15, 0.2) is 29.1 Å². The van der Waals surface area contributed by atoms with Crippen LogP contribution in [0.2, 0.25) is 0 Å². The Labute approximate surface area is 114 Å². The zero-order chi connectivity index (χ0) is 13.8. The van der Waals surface area contributed by atoms with Crippen LogP contribution in [0, 0.1) is 11.6 Å². The van der Waals surface area contributed by atoms with E-state index in [1.807, 2.05) is 17.3 Å². The number of hydrogen-bond donors (Lipinski definition) is 1. The van der Waals surface area contributed by atoms with Gasteiger partial charge in [-0.05, 0) is 24.7 Å². The van der Waals surface area contributed by atoms with E-state index in [0.29, 0.717) is 12.1 Å². The van der Waals surface area contributed by atoms with Crippen LogP contribution >= 0.6 is 11.3 Å². The molecule has 0 spiro atoms. The van der Waals surface area contributed by atoms with Crippen LogP contribution in [0.3, 0.4) is 0 Å². The van der Waals surface area contributed by atoms with Crippen molar-refractivity contribution in [1.82, 2.24) is 9.88 Å². The van der Waals surface area contributed by atoms with E-state index in [4.69, 9.17) is 5.73 Å². The largest absolute Gasteiger partial charge is 0.329 e. The summed E-state index contributed by atoms with van der Waals surface area (Å²) in [7, 11) is 1.86. The van der Waals surface area contributed by atoms with Gasteiger partial charge in [0.25, 0.3) is 0 Å². The smallest absolute Gasteiger partial charge is 0.126 e. The summed E-state index contributed by atoms with van der Waals surface area (Å²) in [5.74, 6) is -1.17. The molecule has 0 aliphatic heterocycles. The molecule has 0 aliphatic carbocycles. The van der Waals surface area contributed by atoms with Gasteiger partial charge in [-0.25, -0.2) is 13.8 Å². The van der Waals surface area contributed by atoms with E-state index in [9.17, 15) is 8.78 Å². The van der Waals surface area contributed by atoms with Gasteiger partial charge in [-0.2, -0.15) is 0 Å². The molecule has 2 rings (SSSR count). The molecule has 19 heavy (non-hydrogen) atoms. The van der Waals surface area contributed by atoms with Crippen LogP contribution in [0.1, 0.15) is 17.3 Å². The minimum atomic E-state index is -0.587. The molecule has 3 nitrogen and oxygen atoms in total. The standard InChI is InChI=1S/C13H15F2N3S/c1-18(6-12-7-19-8-17-12)13(5-16)9-2-10(14)4-11(15)3-9/h2-4,7-8,13H,5-6,16H2,1H3. The lowest BCUT2D eigenvalue weighted by molar-refractivity contribution is 0.238. The molecular formula is C13H15F2N3S. The molecule has 6 heteroatoms. The predicted octanol–water partition coefficient (Wildman–Crippen LogP) is 2.55. The van der Waals surface area contributed by atoms with E-state index in [2.05, 4.69) is 4.98 Å². The highest BCUT2D eigenvalue weighted by atomic mass is 32.1. The molecule has 1 heterocycles. The van der Waals surface area contributed by atoms with Gasteiger partial charge in [-0.3, -0.25) is 4.90 Å². The first-order valence-corrected chi connectivity index (χ1v) is 6.78. The van der Waals surface area contributed by atoms with E-state index in [1.165, 1.54) is 23.5 Å². The number of hydrogen-bond acceptors (Lipinski definition) is 4. The van der Waals surface area contributed by atoms with Crippen LogP contribution in [0.4, 0.5) is 8.78 Å². The fourth-order valence-electron chi connectivity index (χ4n) is 2.02. The van der Waals surface area contributed by atoms with Crippen molar-refractivity contribution in [3.8, 4) is 0 Å². The minimum Gasteiger partial charge on any atom is -0.329 e. The van der Waals surface area contributed by atoms with Crippen molar-refractivity contribution in [3.63, 3.8) is 0 Å². The number of nitrogens with zero attached hydrogens (tertiary/aromatic N) is 2. The molecule has 0 radical (unpaired) electrons. The van der Waals surface area contributed by atoms with Crippen molar-refractivity contribution in [2.24, 2.45) is 5.73 Å². The molecule has 102 valence electrons. The van der Waals surface area contributed by atoms with Crippen LogP contribution in [-0.4, -0.2) is 23.5 Å². The van der Waals surface area contributed by atoms with Crippen LogP contribution in [0.25, 0.3) is 0 Å². The zero-order valence-corrected chi connectivity index (χ0v) is 11.3. The lowest BCUT2D eigenvalue weighted by Crippen LogP contribution is -2.30. The van der Waals surface area contributed by atoms with Crippen molar-refractivity contribution in [3.05, 3.63) is 52.0 Å². The van der Waals surface area contributed by atoms with Gasteiger partial charge in [0.1, 0.15) is 11.6 Å². The Kier molecular flexibility index (Phi) is 4.57. The Morgan fingerprint density at radius 1 is 1.32 bits per heavy atom. The van der Waals surface area contributed by atoms with Crippen molar-refractivity contribution in [1.29, 1.82) is 0 Å². The quantitative estimate of drug-likeness (QED) is 0.917. The summed E-state index contributed by atoms with van der Waals surface area (Å²) >= 11 is 1.51. The summed E-state index contributed by atoms with van der Waals surface area (Å²) in [6.45, 7) is 0.868. The third kappa shape index (κ3) is 3.56. The van der Waals surface area contributed by atoms with Crippen LogP contribution in [0.5, 0.6) is 0 Å². The van der Waals surface area contributed by atoms with E-state index < -0.39 is 11.6 Å². The molecule has 0 amide bonds. The number of halogens is 2. The maximum Gasteiger partial charge on any atom is 0.126 e. The molecule has 0 bridgehead atoms. The van der Waals surface area contributed by atoms with Crippen molar-refractivity contribution < 1.29 is 8.78 Å². The Hall–Kier alpha value is -1.37. The summed E-state index contributed by atoms with van der Waals surface area (Å²) in [4.78, 5) is 6.12. The molecule has 1 aromatic heterocycles. The second-order valence-corrected chi connectivity index (χ2v) is 5.07. The number of aromatic nitrogens is 1. The maximum absolute atomic E-state index is 13.3. The first-order chi connectivity index (χ1) is 9.10. The number of rotatable bonds is 5. The number of likely N-dealkylation sites (N-methyl/N-ethyl adjacent to an activating group) is 1. The fourth-order valence-corrected chi connectivity index (χ4v) is 2.57. The topological polar surface area (TPSA) is 42.2 Å². The average Bonchev–Trinajstić information content (AvgIpc) is 2.81. The van der Waals surface area contributed by atoms with Crippen LogP contribution < -0.4 is 5.73 Å². The lowest BCUT2D eigenvalue weighted by Gasteiger charge is -2.26. The number of nitrogens with two attached hydrogens (primary N) is 1. The highest BCUT2D eigenvalue weighted by Gasteiger charge is 2.18. The van der Waals surface area contributed by atoms with Gasteiger partial charge in [0.15, 0.2) is 0 Å². The predicted molar refractivity (Wildman–Crippen MR) is 71.7 cm³/mol. The second kappa shape index (κ2) is 6.18. The zero-order valence-electron chi connectivity index (χ0n) is 10.5. The summed E-state index contributed by atoms with van der Waals surface area (Å²) in [6.07, 6.45) is 0. The Morgan fingerprint density at radius 2 is 2.00 bits per heavy atom. The molecule has 0 saturated heterocycles. The Bertz CT molecular complexity index is 510.